The molecule has 257 valence electrons. The Bertz CT molecular complexity index is 1910. The van der Waals surface area contributed by atoms with Crippen molar-refractivity contribution in [1.29, 1.82) is 0 Å². The number of benzene rings is 7. The zero-order valence-corrected chi connectivity index (χ0v) is 32.7. The van der Waals surface area contributed by atoms with Crippen molar-refractivity contribution in [3.8, 4) is 11.5 Å². The molecule has 0 aliphatic carbocycles. The van der Waals surface area contributed by atoms with Crippen molar-refractivity contribution in [1.82, 2.24) is 0 Å². The molecule has 51 heavy (non-hydrogen) atoms. The van der Waals surface area contributed by atoms with Gasteiger partial charge in [-0.05, 0) is 60.7 Å². The van der Waals surface area contributed by atoms with Crippen LogP contribution in [-0.4, -0.2) is 0 Å². The number of para-hydroxylation sites is 2. The van der Waals surface area contributed by atoms with Gasteiger partial charge in [-0.1, -0.05) is 118 Å². The van der Waals surface area contributed by atoms with Crippen LogP contribution in [0.2, 0.25) is 0 Å². The van der Waals surface area contributed by atoms with E-state index in [9.17, 15) is 0 Å². The van der Waals surface area contributed by atoms with Crippen LogP contribution in [0.5, 0.6) is 11.5 Å². The summed E-state index contributed by atoms with van der Waals surface area (Å²) in [4.78, 5) is 0. The SMILES string of the molecule is CC1(C)c2cccc([PH+](c3ccccc3)c3ccccc3)c2Oc2c([PH+](c3ccccc3)c3ccccc3)cccc21.Cc1[c-]cccc1.[Cl][Ni]. The Labute approximate surface area is 317 Å². The molecule has 1 nitrogen and oxygen atoms in total. The van der Waals surface area contributed by atoms with E-state index in [1.807, 2.05) is 31.2 Å². The van der Waals surface area contributed by atoms with Crippen molar-refractivity contribution in [3.63, 3.8) is 0 Å². The van der Waals surface area contributed by atoms with Crippen LogP contribution in [0.4, 0.5) is 0 Å². The summed E-state index contributed by atoms with van der Waals surface area (Å²) in [5.41, 5.74) is 3.50. The summed E-state index contributed by atoms with van der Waals surface area (Å²) < 4.78 is 7.27. The molecule has 0 unspecified atom stereocenters. The number of fused-ring (bicyclic) bond motifs is 2. The topological polar surface area (TPSA) is 9.23 Å². The zero-order valence-electron chi connectivity index (χ0n) is 28.9. The summed E-state index contributed by atoms with van der Waals surface area (Å²) >= 11 is 3.35. The van der Waals surface area contributed by atoms with Crippen molar-refractivity contribution in [2.24, 2.45) is 0 Å². The minimum absolute atomic E-state index is 0.213. The van der Waals surface area contributed by atoms with E-state index in [4.69, 9.17) is 4.74 Å². The van der Waals surface area contributed by atoms with Gasteiger partial charge >= 0.3 is 24.8 Å². The van der Waals surface area contributed by atoms with Crippen LogP contribution in [0.15, 0.2) is 182 Å². The van der Waals surface area contributed by atoms with Gasteiger partial charge < -0.3 is 4.74 Å². The molecule has 0 aromatic heterocycles. The van der Waals surface area contributed by atoms with Gasteiger partial charge in [-0.25, -0.2) is 0 Å². The fourth-order valence-corrected chi connectivity index (χ4v) is 12.1. The molecule has 0 fully saturated rings. The number of halogens is 1. The van der Waals surface area contributed by atoms with Crippen LogP contribution in [0.3, 0.4) is 0 Å². The Kier molecular flexibility index (Phi) is 12.6. The second kappa shape index (κ2) is 17.5. The molecule has 0 amide bonds. The van der Waals surface area contributed by atoms with Crippen LogP contribution >= 0.6 is 26.0 Å². The molecule has 0 bridgehead atoms. The number of ether oxygens (including phenoxy) is 1. The molecule has 0 spiro atoms. The summed E-state index contributed by atoms with van der Waals surface area (Å²) in [6, 6.07) is 68.4. The summed E-state index contributed by atoms with van der Waals surface area (Å²) in [7, 11) is 1.62. The van der Waals surface area contributed by atoms with Crippen molar-refractivity contribution in [3.05, 3.63) is 205 Å². The Morgan fingerprint density at radius 3 is 1.12 bits per heavy atom. The molecule has 1 heterocycles. The summed E-state index contributed by atoms with van der Waals surface area (Å²) in [5, 5.41) is 8.05. The summed E-state index contributed by atoms with van der Waals surface area (Å²) in [6.45, 7) is 6.74. The van der Waals surface area contributed by atoms with Crippen molar-refractivity contribution in [2.75, 3.05) is 0 Å². The van der Waals surface area contributed by atoms with Gasteiger partial charge in [-0.15, -0.1) is 0 Å². The monoisotopic (exact) mass is 764 g/mol. The Morgan fingerprint density at radius 1 is 0.471 bits per heavy atom. The number of hydrogen-bond acceptors (Lipinski definition) is 1. The standard InChI is InChI=1S/C39H32OP2.C7H7.ClH.Ni/c1-39(2)33-25-15-27-35(41(29-17-7-3-8-18-29)30-19-9-4-10-20-30)37(33)40-38-34(39)26-16-28-36(38)42(31-21-11-5-12-22-31)32-23-13-6-14-24-32;1-7-5-3-2-4-6-7;;/h3-28H,1-2H3;2-5H,1H3;1H;/q;-1;;+1/p+1. The Hall–Kier alpha value is -4.02. The van der Waals surface area contributed by atoms with E-state index in [1.54, 1.807) is 0 Å². The molecule has 7 aromatic carbocycles. The second-order valence-corrected chi connectivity index (χ2v) is 17.7. The molecule has 0 atom stereocenters. The van der Waals surface area contributed by atoms with Gasteiger partial charge in [0.1, 0.15) is 47.7 Å². The number of hydrogen-bond donors (Lipinski definition) is 0. The molecule has 8 rings (SSSR count). The average molecular weight is 766 g/mol. The molecular formula is C46H41ClNiOP2+. The molecule has 7 aromatic rings. The maximum absolute atomic E-state index is 7.27. The second-order valence-electron chi connectivity index (χ2n) is 12.9. The van der Waals surface area contributed by atoms with E-state index < -0.39 is 15.8 Å². The van der Waals surface area contributed by atoms with Gasteiger partial charge in [-0.3, -0.25) is 0 Å². The van der Waals surface area contributed by atoms with Crippen LogP contribution in [0.25, 0.3) is 0 Å². The van der Waals surface area contributed by atoms with E-state index in [1.165, 1.54) is 48.5 Å². The first kappa shape index (κ1) is 36.8. The summed E-state index contributed by atoms with van der Waals surface area (Å²) in [5.74, 6) is 2.07. The molecule has 1 aliphatic rings. The maximum atomic E-state index is 7.27. The van der Waals surface area contributed by atoms with Crippen LogP contribution in [0.1, 0.15) is 30.5 Å². The predicted molar refractivity (Wildman–Crippen MR) is 221 cm³/mol. The van der Waals surface area contributed by atoms with Crippen LogP contribution in [-0.2, 0) is 20.0 Å². The molecule has 1 aliphatic heterocycles. The first-order valence-electron chi connectivity index (χ1n) is 17.0. The third-order valence-corrected chi connectivity index (χ3v) is 14.7. The fourth-order valence-electron chi connectivity index (χ4n) is 6.78. The zero-order chi connectivity index (χ0) is 35.6. The Balaban J connectivity index is 0.000000441. The van der Waals surface area contributed by atoms with Gasteiger partial charge in [-0.2, -0.15) is 35.9 Å². The van der Waals surface area contributed by atoms with Crippen LogP contribution in [0, 0.1) is 13.0 Å². The predicted octanol–water partition coefficient (Wildman–Crippen LogP) is 9.58. The fraction of sp³-hybridized carbons (Fsp3) is 0.0870. The van der Waals surface area contributed by atoms with Gasteiger partial charge in [0.05, 0.1) is 0 Å². The average Bonchev–Trinajstić information content (AvgIpc) is 3.19. The van der Waals surface area contributed by atoms with Gasteiger partial charge in [0.15, 0.2) is 11.5 Å². The van der Waals surface area contributed by atoms with E-state index >= 15 is 0 Å². The molecular weight excluding hydrogens is 725 g/mol. The quantitative estimate of drug-likeness (QED) is 0.0932. The van der Waals surface area contributed by atoms with E-state index in [-0.39, 0.29) is 5.41 Å². The molecule has 0 N–H and O–H groups in total. The van der Waals surface area contributed by atoms with E-state index in [0.29, 0.717) is 0 Å². The first-order valence-corrected chi connectivity index (χ1v) is 21.3. The molecule has 0 saturated carbocycles. The van der Waals surface area contributed by atoms with Crippen LogP contribution < -0.4 is 36.6 Å². The van der Waals surface area contributed by atoms with Gasteiger partial charge in [0.25, 0.3) is 0 Å². The Morgan fingerprint density at radius 2 is 0.824 bits per heavy atom. The third-order valence-electron chi connectivity index (χ3n) is 9.23. The van der Waals surface area contributed by atoms with Gasteiger partial charge in [0, 0.05) is 16.5 Å². The molecule has 0 radical (unpaired) electrons. The number of aryl methyl sites for hydroxylation is 1. The van der Waals surface area contributed by atoms with Crippen molar-refractivity contribution >= 4 is 57.9 Å². The van der Waals surface area contributed by atoms with E-state index in [0.717, 1.165) is 11.5 Å². The number of rotatable bonds is 6. The van der Waals surface area contributed by atoms with Crippen molar-refractivity contribution < 1.29 is 19.3 Å². The molecule has 5 heteroatoms. The summed E-state index contributed by atoms with van der Waals surface area (Å²) in [6.07, 6.45) is 0. The van der Waals surface area contributed by atoms with E-state index in [2.05, 4.69) is 202 Å². The third kappa shape index (κ3) is 8.23. The van der Waals surface area contributed by atoms with Gasteiger partial charge in [0.2, 0.25) is 0 Å². The minimum atomic E-state index is -1.32. The first-order chi connectivity index (χ1) is 25.0. The normalized spacial score (nSPS) is 12.3. The van der Waals surface area contributed by atoms with Crippen molar-refractivity contribution in [2.45, 2.75) is 26.2 Å². The molecule has 0 saturated heterocycles.